The first-order chi connectivity index (χ1) is 7.44. The van der Waals surface area contributed by atoms with E-state index in [4.69, 9.17) is 39.4 Å². The first-order valence-electron chi connectivity index (χ1n) is 3.74. The Bertz CT molecular complexity index is 492. The van der Waals surface area contributed by atoms with Crippen LogP contribution in [0, 0.1) is 0 Å². The number of nitrogens with zero attached hydrogens (tertiary/aromatic N) is 2. The lowest BCUT2D eigenvalue weighted by Gasteiger charge is -2.09. The highest BCUT2D eigenvalue weighted by Gasteiger charge is 2.20. The molecule has 0 aliphatic carbocycles. The summed E-state index contributed by atoms with van der Waals surface area (Å²) in [6.07, 6.45) is 4.00. The monoisotopic (exact) mass is 324 g/mol. The van der Waals surface area contributed by atoms with Crippen molar-refractivity contribution < 1.29 is 27.4 Å². The molecule has 1 rings (SSSR count). The van der Waals surface area contributed by atoms with Gasteiger partial charge in [-0.25, -0.2) is 4.57 Å². The zero-order chi connectivity index (χ0) is 13.9. The van der Waals surface area contributed by atoms with Gasteiger partial charge in [-0.15, -0.1) is 3.97 Å². The average Bonchev–Trinajstić information content (AvgIpc) is 2.50. The molecule has 0 aliphatic heterocycles. The number of aryl methyl sites for hydroxylation is 1. The van der Waals surface area contributed by atoms with Crippen LogP contribution in [0.15, 0.2) is 18.7 Å². The molecule has 7 nitrogen and oxygen atoms in total. The SMILES string of the molecule is C[n+]1ccn(S(=O)(=O)O)c1.O=C([O-])C(Cl)(Cl)Cl. The van der Waals surface area contributed by atoms with Gasteiger partial charge < -0.3 is 9.90 Å². The number of carboxylic acids is 1. The Morgan fingerprint density at radius 2 is 1.88 bits per heavy atom. The van der Waals surface area contributed by atoms with Crippen LogP contribution >= 0.6 is 34.8 Å². The summed E-state index contributed by atoms with van der Waals surface area (Å²) < 4.78 is 29.1. The number of carbonyl (C=O) groups excluding carboxylic acids is 1. The van der Waals surface area contributed by atoms with Crippen LogP contribution in [0.25, 0.3) is 0 Å². The van der Waals surface area contributed by atoms with E-state index in [2.05, 4.69) is 0 Å². The molecule has 1 aromatic heterocycles. The maximum atomic E-state index is 10.4. The molecule has 0 spiro atoms. The fraction of sp³-hybridized carbons (Fsp3) is 0.333. The van der Waals surface area contributed by atoms with Gasteiger partial charge in [0.2, 0.25) is 3.79 Å². The van der Waals surface area contributed by atoms with Gasteiger partial charge in [0.1, 0.15) is 12.4 Å². The normalized spacial score (nSPS) is 11.6. The Kier molecular flexibility index (Phi) is 5.69. The van der Waals surface area contributed by atoms with Crippen molar-refractivity contribution in [1.29, 1.82) is 0 Å². The number of halogens is 3. The predicted molar refractivity (Wildman–Crippen MR) is 57.9 cm³/mol. The van der Waals surface area contributed by atoms with Crippen molar-refractivity contribution in [3.05, 3.63) is 18.7 Å². The van der Waals surface area contributed by atoms with Crippen molar-refractivity contribution in [2.45, 2.75) is 3.79 Å². The molecule has 0 atom stereocenters. The quantitative estimate of drug-likeness (QED) is 0.408. The lowest BCUT2D eigenvalue weighted by Crippen LogP contribution is -2.35. The largest absolute Gasteiger partial charge is 0.545 e. The van der Waals surface area contributed by atoms with Gasteiger partial charge in [-0.3, -0.25) is 4.55 Å². The second-order valence-electron chi connectivity index (χ2n) is 2.67. The van der Waals surface area contributed by atoms with Crippen molar-refractivity contribution >= 4 is 51.1 Å². The van der Waals surface area contributed by atoms with Crippen molar-refractivity contribution in [3.8, 4) is 0 Å². The summed E-state index contributed by atoms with van der Waals surface area (Å²) in [6, 6.07) is 0. The molecule has 0 saturated carbocycles. The van der Waals surface area contributed by atoms with Crippen LogP contribution in [0.3, 0.4) is 0 Å². The molecule has 0 unspecified atom stereocenters. The Morgan fingerprint density at radius 3 is 2.00 bits per heavy atom. The molecular weight excluding hydrogens is 319 g/mol. The van der Waals surface area contributed by atoms with Gasteiger partial charge in [0, 0.05) is 0 Å². The van der Waals surface area contributed by atoms with E-state index in [9.17, 15) is 18.3 Å². The van der Waals surface area contributed by atoms with E-state index in [1.165, 1.54) is 23.3 Å². The van der Waals surface area contributed by atoms with E-state index >= 15 is 0 Å². The summed E-state index contributed by atoms with van der Waals surface area (Å²) >= 11 is 14.2. The van der Waals surface area contributed by atoms with Crippen molar-refractivity contribution in [2.75, 3.05) is 0 Å². The van der Waals surface area contributed by atoms with Crippen molar-refractivity contribution in [1.82, 2.24) is 3.97 Å². The number of carbonyl (C=O) groups is 1. The number of alkyl halides is 3. The minimum absolute atomic E-state index is 0.715. The third-order valence-electron chi connectivity index (χ3n) is 1.24. The number of hydrogen-bond acceptors (Lipinski definition) is 4. The van der Waals surface area contributed by atoms with Crippen LogP contribution in [0.2, 0.25) is 0 Å². The second-order valence-corrected chi connectivity index (χ2v) is 6.27. The topological polar surface area (TPSA) is 103 Å². The van der Waals surface area contributed by atoms with Gasteiger partial charge in [0.15, 0.2) is 0 Å². The highest BCUT2D eigenvalue weighted by atomic mass is 35.6. The summed E-state index contributed by atoms with van der Waals surface area (Å²) in [5.41, 5.74) is 0. The molecule has 0 amide bonds. The number of aromatic nitrogens is 2. The lowest BCUT2D eigenvalue weighted by atomic mass is 10.8. The van der Waals surface area contributed by atoms with Crippen LogP contribution in [0.4, 0.5) is 0 Å². The lowest BCUT2D eigenvalue weighted by molar-refractivity contribution is -0.670. The maximum Gasteiger partial charge on any atom is 0.439 e. The zero-order valence-electron chi connectivity index (χ0n) is 8.25. The summed E-state index contributed by atoms with van der Waals surface area (Å²) in [6.45, 7) is 0. The molecular formula is C6H7Cl3N2O5S. The summed E-state index contributed by atoms with van der Waals surface area (Å²) in [5.74, 6) is -1.71. The maximum absolute atomic E-state index is 10.4. The minimum atomic E-state index is -4.09. The number of aliphatic carboxylic acids is 1. The fourth-order valence-electron chi connectivity index (χ4n) is 0.564. The number of rotatable bonds is 1. The van der Waals surface area contributed by atoms with Gasteiger partial charge in [0.25, 0.3) is 6.33 Å². The molecule has 1 heterocycles. The van der Waals surface area contributed by atoms with Gasteiger partial charge in [0.05, 0.1) is 13.0 Å². The first-order valence-corrected chi connectivity index (χ1v) is 6.27. The molecule has 17 heavy (non-hydrogen) atoms. The average molecular weight is 326 g/mol. The van der Waals surface area contributed by atoms with Gasteiger partial charge >= 0.3 is 10.3 Å². The Balaban J connectivity index is 0.000000325. The first kappa shape index (κ1) is 16.5. The Morgan fingerprint density at radius 1 is 1.47 bits per heavy atom. The van der Waals surface area contributed by atoms with Crippen LogP contribution in [0.1, 0.15) is 0 Å². The third-order valence-corrected chi connectivity index (χ3v) is 2.45. The number of imidazole rings is 1. The number of hydrogen-bond donors (Lipinski definition) is 1. The van der Waals surface area contributed by atoms with E-state index in [-0.39, 0.29) is 0 Å². The Labute approximate surface area is 112 Å². The molecule has 0 radical (unpaired) electrons. The van der Waals surface area contributed by atoms with Gasteiger partial charge in [-0.1, -0.05) is 34.8 Å². The van der Waals surface area contributed by atoms with Crippen LogP contribution in [-0.4, -0.2) is 26.7 Å². The minimum Gasteiger partial charge on any atom is -0.545 e. The van der Waals surface area contributed by atoms with Crippen molar-refractivity contribution in [3.63, 3.8) is 0 Å². The van der Waals surface area contributed by atoms with E-state index in [0.717, 1.165) is 0 Å². The van der Waals surface area contributed by atoms with Crippen LogP contribution in [-0.2, 0) is 22.1 Å². The van der Waals surface area contributed by atoms with E-state index in [0.29, 0.717) is 3.97 Å². The molecule has 0 fully saturated rings. The van der Waals surface area contributed by atoms with E-state index in [1.807, 2.05) is 0 Å². The zero-order valence-corrected chi connectivity index (χ0v) is 11.3. The molecule has 1 N–H and O–H groups in total. The van der Waals surface area contributed by atoms with Crippen LogP contribution < -0.4 is 9.67 Å². The van der Waals surface area contributed by atoms with Gasteiger partial charge in [-0.05, 0) is 0 Å². The van der Waals surface area contributed by atoms with Gasteiger partial charge in [-0.2, -0.15) is 8.42 Å². The summed E-state index contributed by atoms with van der Waals surface area (Å²) in [7, 11) is -2.43. The molecule has 0 bridgehead atoms. The highest BCUT2D eigenvalue weighted by Crippen LogP contribution is 2.24. The third kappa shape index (κ3) is 6.69. The van der Waals surface area contributed by atoms with E-state index in [1.54, 1.807) is 7.05 Å². The smallest absolute Gasteiger partial charge is 0.439 e. The predicted octanol–water partition coefficient (Wildman–Crippen LogP) is -0.930. The molecule has 11 heteroatoms. The molecule has 98 valence electrons. The molecule has 0 saturated heterocycles. The standard InChI is InChI=1S/C4H6N2O3S.C2HCl3O2/c1-5-2-3-6(4-5)10(7,8)9;3-2(4,5)1(6)7/h2-4H,1H3;(H,6,7). The van der Waals surface area contributed by atoms with Crippen molar-refractivity contribution in [2.24, 2.45) is 7.05 Å². The highest BCUT2D eigenvalue weighted by molar-refractivity contribution is 7.84. The summed E-state index contributed by atoms with van der Waals surface area (Å²) in [5, 5.41) is 9.51. The molecule has 0 aliphatic rings. The van der Waals surface area contributed by atoms with Crippen LogP contribution in [0.5, 0.6) is 0 Å². The second kappa shape index (κ2) is 5.87. The number of carboxylic acid groups (broad SMARTS) is 1. The molecule has 1 aromatic rings. The summed E-state index contributed by atoms with van der Waals surface area (Å²) in [4.78, 5) is 9.51. The molecule has 0 aromatic carbocycles. The fourth-order valence-corrected chi connectivity index (χ4v) is 1.04. The Hall–Kier alpha value is -0.540. The van der Waals surface area contributed by atoms with E-state index < -0.39 is 20.1 Å².